The van der Waals surface area contributed by atoms with Crippen molar-refractivity contribution in [3.8, 4) is 0 Å². The Morgan fingerprint density at radius 1 is 1.55 bits per heavy atom. The molecular weight excluding hydrogens is 136 g/mol. The van der Waals surface area contributed by atoms with Gasteiger partial charge in [0.25, 0.3) is 0 Å². The van der Waals surface area contributed by atoms with Crippen molar-refractivity contribution in [3.05, 3.63) is 12.2 Å². The summed E-state index contributed by atoms with van der Waals surface area (Å²) < 4.78 is 0. The predicted octanol–water partition coefficient (Wildman–Crippen LogP) is 2.42. The molecule has 0 radical (unpaired) electrons. The Bertz CT molecular complexity index is 179. The molecule has 0 heterocycles. The van der Waals surface area contributed by atoms with E-state index in [1.54, 1.807) is 0 Å². The Kier molecular flexibility index (Phi) is 2.17. The average molecular weight is 152 g/mol. The second-order valence-electron chi connectivity index (χ2n) is 4.05. The van der Waals surface area contributed by atoms with E-state index in [1.165, 1.54) is 0 Å². The molecule has 0 saturated heterocycles. The lowest BCUT2D eigenvalue weighted by atomic mass is 9.69. The van der Waals surface area contributed by atoms with E-state index in [9.17, 15) is 4.79 Å². The number of allylic oxidation sites excluding steroid dienone is 2. The van der Waals surface area contributed by atoms with Gasteiger partial charge >= 0.3 is 0 Å². The number of carbonyl (C=O) groups is 1. The number of carbonyl (C=O) groups excluding carboxylic acids is 1. The van der Waals surface area contributed by atoms with Gasteiger partial charge in [0, 0.05) is 5.92 Å². The molecule has 0 fully saturated rings. The van der Waals surface area contributed by atoms with Crippen molar-refractivity contribution in [2.45, 2.75) is 27.2 Å². The van der Waals surface area contributed by atoms with E-state index in [-0.39, 0.29) is 11.3 Å². The van der Waals surface area contributed by atoms with E-state index in [0.717, 1.165) is 12.7 Å². The first kappa shape index (κ1) is 8.51. The maximum Gasteiger partial charge on any atom is 0.123 e. The first-order valence-corrected chi connectivity index (χ1v) is 4.21. The van der Waals surface area contributed by atoms with Crippen molar-refractivity contribution in [2.75, 3.05) is 0 Å². The fraction of sp³-hybridized carbons (Fsp3) is 0.700. The maximum absolute atomic E-state index is 10.6. The zero-order valence-electron chi connectivity index (χ0n) is 7.50. The quantitative estimate of drug-likeness (QED) is 0.416. The van der Waals surface area contributed by atoms with Crippen molar-refractivity contribution < 1.29 is 4.79 Å². The molecule has 0 aliphatic heterocycles. The summed E-state index contributed by atoms with van der Waals surface area (Å²) in [5.41, 5.74) is 0.198. The minimum Gasteiger partial charge on any atom is -0.303 e. The summed E-state index contributed by atoms with van der Waals surface area (Å²) in [6, 6.07) is 0. The van der Waals surface area contributed by atoms with Gasteiger partial charge in [-0.15, -0.1) is 0 Å². The summed E-state index contributed by atoms with van der Waals surface area (Å²) in [5, 5.41) is 0. The summed E-state index contributed by atoms with van der Waals surface area (Å²) in [6.45, 7) is 6.52. The molecule has 0 N–H and O–H groups in total. The van der Waals surface area contributed by atoms with Gasteiger partial charge in [-0.05, 0) is 17.8 Å². The first-order chi connectivity index (χ1) is 5.08. The molecule has 1 aliphatic rings. The molecule has 0 aromatic heterocycles. The predicted molar refractivity (Wildman–Crippen MR) is 46.3 cm³/mol. The standard InChI is InChI=1S/C10H16O/c1-8-9(7-11)5-4-6-10(8,2)3/h4,6-9H,5H2,1-3H3. The van der Waals surface area contributed by atoms with Crippen molar-refractivity contribution in [1.82, 2.24) is 0 Å². The topological polar surface area (TPSA) is 17.1 Å². The van der Waals surface area contributed by atoms with E-state index in [1.807, 2.05) is 0 Å². The highest BCUT2D eigenvalue weighted by molar-refractivity contribution is 5.55. The maximum atomic E-state index is 10.6. The number of hydrogen-bond acceptors (Lipinski definition) is 1. The van der Waals surface area contributed by atoms with Gasteiger partial charge in [-0.2, -0.15) is 0 Å². The summed E-state index contributed by atoms with van der Waals surface area (Å²) in [4.78, 5) is 10.6. The SMILES string of the molecule is CC1C(C=O)CC=CC1(C)C. The smallest absolute Gasteiger partial charge is 0.123 e. The fourth-order valence-electron chi connectivity index (χ4n) is 1.61. The molecule has 0 spiro atoms. The molecule has 11 heavy (non-hydrogen) atoms. The normalized spacial score (nSPS) is 35.2. The molecule has 1 aliphatic carbocycles. The third-order valence-corrected chi connectivity index (χ3v) is 2.95. The van der Waals surface area contributed by atoms with Gasteiger partial charge in [0.2, 0.25) is 0 Å². The molecule has 1 rings (SSSR count). The lowest BCUT2D eigenvalue weighted by Gasteiger charge is -2.35. The highest BCUT2D eigenvalue weighted by Crippen LogP contribution is 2.38. The molecule has 0 aromatic carbocycles. The molecule has 0 saturated carbocycles. The molecule has 1 nitrogen and oxygen atoms in total. The zero-order chi connectivity index (χ0) is 8.48. The van der Waals surface area contributed by atoms with Gasteiger partial charge in [-0.3, -0.25) is 0 Å². The van der Waals surface area contributed by atoms with Crippen LogP contribution in [0.1, 0.15) is 27.2 Å². The van der Waals surface area contributed by atoms with Gasteiger partial charge < -0.3 is 4.79 Å². The van der Waals surface area contributed by atoms with Gasteiger partial charge in [0.05, 0.1) is 0 Å². The summed E-state index contributed by atoms with van der Waals surface area (Å²) in [7, 11) is 0. The van der Waals surface area contributed by atoms with Crippen LogP contribution in [0.2, 0.25) is 0 Å². The Labute approximate surface area is 68.5 Å². The van der Waals surface area contributed by atoms with Gasteiger partial charge in [0.15, 0.2) is 0 Å². The van der Waals surface area contributed by atoms with E-state index in [4.69, 9.17) is 0 Å². The van der Waals surface area contributed by atoms with Crippen molar-refractivity contribution in [2.24, 2.45) is 17.3 Å². The van der Waals surface area contributed by atoms with E-state index in [2.05, 4.69) is 32.9 Å². The average Bonchev–Trinajstić information content (AvgIpc) is 1.95. The minimum atomic E-state index is 0.198. The Balaban J connectivity index is 2.81. The molecule has 62 valence electrons. The van der Waals surface area contributed by atoms with Crippen LogP contribution in [0.15, 0.2) is 12.2 Å². The van der Waals surface area contributed by atoms with E-state index < -0.39 is 0 Å². The Hall–Kier alpha value is -0.590. The van der Waals surface area contributed by atoms with Crippen LogP contribution in [0.3, 0.4) is 0 Å². The number of hydrogen-bond donors (Lipinski definition) is 0. The second-order valence-corrected chi connectivity index (χ2v) is 4.05. The summed E-state index contributed by atoms with van der Waals surface area (Å²) in [5.74, 6) is 0.708. The number of aldehydes is 1. The lowest BCUT2D eigenvalue weighted by Crippen LogP contribution is -2.30. The third kappa shape index (κ3) is 1.52. The lowest BCUT2D eigenvalue weighted by molar-refractivity contribution is -0.113. The van der Waals surface area contributed by atoms with Crippen LogP contribution < -0.4 is 0 Å². The Morgan fingerprint density at radius 3 is 2.64 bits per heavy atom. The van der Waals surface area contributed by atoms with Crippen LogP contribution in [0.4, 0.5) is 0 Å². The van der Waals surface area contributed by atoms with Crippen molar-refractivity contribution >= 4 is 6.29 Å². The van der Waals surface area contributed by atoms with E-state index >= 15 is 0 Å². The minimum absolute atomic E-state index is 0.198. The van der Waals surface area contributed by atoms with Crippen molar-refractivity contribution in [1.29, 1.82) is 0 Å². The molecule has 0 bridgehead atoms. The highest BCUT2D eigenvalue weighted by atomic mass is 16.1. The summed E-state index contributed by atoms with van der Waals surface area (Å²) >= 11 is 0. The monoisotopic (exact) mass is 152 g/mol. The fourth-order valence-corrected chi connectivity index (χ4v) is 1.61. The summed E-state index contributed by atoms with van der Waals surface area (Å²) in [6.07, 6.45) is 6.36. The van der Waals surface area contributed by atoms with Crippen LogP contribution >= 0.6 is 0 Å². The molecule has 2 unspecified atom stereocenters. The zero-order valence-corrected chi connectivity index (χ0v) is 7.50. The molecule has 1 heteroatoms. The van der Waals surface area contributed by atoms with Crippen LogP contribution in [0, 0.1) is 17.3 Å². The van der Waals surface area contributed by atoms with Crippen LogP contribution in [-0.2, 0) is 4.79 Å². The van der Waals surface area contributed by atoms with Gasteiger partial charge in [0.1, 0.15) is 6.29 Å². The molecule has 0 amide bonds. The molecule has 2 atom stereocenters. The second kappa shape index (κ2) is 2.80. The van der Waals surface area contributed by atoms with Crippen LogP contribution in [0.25, 0.3) is 0 Å². The number of rotatable bonds is 1. The van der Waals surface area contributed by atoms with E-state index in [0.29, 0.717) is 5.92 Å². The van der Waals surface area contributed by atoms with Gasteiger partial charge in [-0.25, -0.2) is 0 Å². The third-order valence-electron chi connectivity index (χ3n) is 2.95. The molecular formula is C10H16O. The highest BCUT2D eigenvalue weighted by Gasteiger charge is 2.31. The largest absolute Gasteiger partial charge is 0.303 e. The first-order valence-electron chi connectivity index (χ1n) is 4.21. The van der Waals surface area contributed by atoms with Crippen LogP contribution in [-0.4, -0.2) is 6.29 Å². The Morgan fingerprint density at radius 2 is 2.18 bits per heavy atom. The van der Waals surface area contributed by atoms with Crippen molar-refractivity contribution in [3.63, 3.8) is 0 Å². The molecule has 0 aromatic rings. The van der Waals surface area contributed by atoms with Gasteiger partial charge in [-0.1, -0.05) is 32.9 Å². The van der Waals surface area contributed by atoms with Crippen LogP contribution in [0.5, 0.6) is 0 Å².